The predicted octanol–water partition coefficient (Wildman–Crippen LogP) is 1.34. The maximum absolute atomic E-state index is 5.77. The number of nitrogens with one attached hydrogen (secondary N) is 1. The van der Waals surface area contributed by atoms with E-state index in [1.807, 2.05) is 0 Å². The van der Waals surface area contributed by atoms with Gasteiger partial charge in [0.2, 0.25) is 5.90 Å². The molecule has 3 nitrogen and oxygen atoms in total. The Bertz CT molecular complexity index is 197. The van der Waals surface area contributed by atoms with Gasteiger partial charge in [0.05, 0.1) is 12.6 Å². The summed E-state index contributed by atoms with van der Waals surface area (Å²) in [5, 5.41) is 3.41. The van der Waals surface area contributed by atoms with Crippen LogP contribution in [0.4, 0.5) is 0 Å². The van der Waals surface area contributed by atoms with Gasteiger partial charge in [0, 0.05) is 0 Å². The monoisotopic (exact) mass is 182 g/mol. The van der Waals surface area contributed by atoms with Crippen molar-refractivity contribution in [2.24, 2.45) is 4.99 Å². The summed E-state index contributed by atoms with van der Waals surface area (Å²) in [4.78, 5) is 4.45. The maximum Gasteiger partial charge on any atom is 0.201 e. The molecular formula is C10H18N2O. The van der Waals surface area contributed by atoms with Crippen LogP contribution in [0.5, 0.6) is 0 Å². The van der Waals surface area contributed by atoms with E-state index in [2.05, 4.69) is 17.2 Å². The molecule has 3 heteroatoms. The minimum Gasteiger partial charge on any atom is -0.475 e. The number of aliphatic imine (C=N–C) groups is 1. The van der Waals surface area contributed by atoms with Gasteiger partial charge in [-0.05, 0) is 25.8 Å². The summed E-state index contributed by atoms with van der Waals surface area (Å²) in [5.74, 6) is 0.968. The Morgan fingerprint density at radius 2 is 2.54 bits per heavy atom. The summed E-state index contributed by atoms with van der Waals surface area (Å²) >= 11 is 0. The van der Waals surface area contributed by atoms with Crippen molar-refractivity contribution in [2.75, 3.05) is 13.1 Å². The van der Waals surface area contributed by atoms with Crippen LogP contribution in [0.15, 0.2) is 4.99 Å². The fourth-order valence-electron chi connectivity index (χ4n) is 2.00. The maximum atomic E-state index is 5.77. The normalized spacial score (nSPS) is 33.2. The second kappa shape index (κ2) is 4.09. The predicted molar refractivity (Wildman–Crippen MR) is 53.1 cm³/mol. The zero-order valence-electron chi connectivity index (χ0n) is 8.25. The summed E-state index contributed by atoms with van der Waals surface area (Å²) in [7, 11) is 0. The topological polar surface area (TPSA) is 33.6 Å². The Hall–Kier alpha value is -0.570. The van der Waals surface area contributed by atoms with Crippen molar-refractivity contribution in [2.45, 2.75) is 44.8 Å². The van der Waals surface area contributed by atoms with Gasteiger partial charge >= 0.3 is 0 Å². The minimum atomic E-state index is 0.363. The summed E-state index contributed by atoms with van der Waals surface area (Å²) in [6.45, 7) is 4.18. The summed E-state index contributed by atoms with van der Waals surface area (Å²) in [6.07, 6.45) is 5.14. The smallest absolute Gasteiger partial charge is 0.201 e. The first-order chi connectivity index (χ1) is 6.40. The van der Waals surface area contributed by atoms with Crippen LogP contribution in [0.25, 0.3) is 0 Å². The Morgan fingerprint density at radius 3 is 3.23 bits per heavy atom. The first-order valence-electron chi connectivity index (χ1n) is 5.34. The molecule has 0 aliphatic carbocycles. The van der Waals surface area contributed by atoms with E-state index >= 15 is 0 Å². The van der Waals surface area contributed by atoms with E-state index in [-0.39, 0.29) is 0 Å². The second-order valence-corrected chi connectivity index (χ2v) is 3.86. The molecule has 0 spiro atoms. The molecule has 1 fully saturated rings. The van der Waals surface area contributed by atoms with Crippen LogP contribution in [0.2, 0.25) is 0 Å². The summed E-state index contributed by atoms with van der Waals surface area (Å²) in [5.41, 5.74) is 0. The molecular weight excluding hydrogens is 164 g/mol. The van der Waals surface area contributed by atoms with Crippen LogP contribution in [0.3, 0.4) is 0 Å². The lowest BCUT2D eigenvalue weighted by Gasteiger charge is -2.13. The van der Waals surface area contributed by atoms with Gasteiger partial charge in [-0.15, -0.1) is 0 Å². The molecule has 1 saturated heterocycles. The zero-order chi connectivity index (χ0) is 9.10. The van der Waals surface area contributed by atoms with Gasteiger partial charge in [0.25, 0.3) is 0 Å². The van der Waals surface area contributed by atoms with Crippen LogP contribution < -0.4 is 5.32 Å². The van der Waals surface area contributed by atoms with E-state index in [4.69, 9.17) is 4.74 Å². The summed E-state index contributed by atoms with van der Waals surface area (Å²) in [6, 6.07) is 0.418. The van der Waals surface area contributed by atoms with E-state index in [0.29, 0.717) is 12.1 Å². The highest BCUT2D eigenvalue weighted by atomic mass is 16.5. The number of nitrogens with zero attached hydrogens (tertiary/aromatic N) is 1. The third kappa shape index (κ3) is 2.02. The second-order valence-electron chi connectivity index (χ2n) is 3.86. The van der Waals surface area contributed by atoms with Gasteiger partial charge in [-0.1, -0.05) is 13.3 Å². The number of rotatable bonds is 3. The lowest BCUT2D eigenvalue weighted by Crippen LogP contribution is -2.32. The van der Waals surface area contributed by atoms with Crippen LogP contribution >= 0.6 is 0 Å². The first-order valence-corrected chi connectivity index (χ1v) is 5.34. The quantitative estimate of drug-likeness (QED) is 0.714. The fourth-order valence-corrected chi connectivity index (χ4v) is 2.00. The molecule has 2 aliphatic heterocycles. The van der Waals surface area contributed by atoms with Gasteiger partial charge in [-0.3, -0.25) is 4.99 Å². The first kappa shape index (κ1) is 9.00. The Morgan fingerprint density at radius 1 is 1.62 bits per heavy atom. The van der Waals surface area contributed by atoms with E-state index in [9.17, 15) is 0 Å². The fraction of sp³-hybridized carbons (Fsp3) is 0.900. The van der Waals surface area contributed by atoms with E-state index < -0.39 is 0 Å². The van der Waals surface area contributed by atoms with E-state index in [1.54, 1.807) is 0 Å². The molecule has 0 bridgehead atoms. The van der Waals surface area contributed by atoms with E-state index in [1.165, 1.54) is 19.3 Å². The number of ether oxygens (including phenoxy) is 1. The molecule has 2 atom stereocenters. The molecule has 0 aromatic rings. The Kier molecular flexibility index (Phi) is 2.83. The van der Waals surface area contributed by atoms with Crippen LogP contribution in [-0.2, 0) is 4.74 Å². The average molecular weight is 182 g/mol. The van der Waals surface area contributed by atoms with Gasteiger partial charge in [-0.2, -0.15) is 0 Å². The molecule has 2 aliphatic rings. The van der Waals surface area contributed by atoms with Crippen molar-refractivity contribution in [3.63, 3.8) is 0 Å². The van der Waals surface area contributed by atoms with Crippen molar-refractivity contribution >= 4 is 5.90 Å². The minimum absolute atomic E-state index is 0.363. The molecule has 2 unspecified atom stereocenters. The highest BCUT2D eigenvalue weighted by molar-refractivity contribution is 5.83. The van der Waals surface area contributed by atoms with Crippen molar-refractivity contribution in [3.8, 4) is 0 Å². The van der Waals surface area contributed by atoms with Crippen LogP contribution in [0.1, 0.15) is 32.6 Å². The molecule has 0 saturated carbocycles. The van der Waals surface area contributed by atoms with Crippen LogP contribution in [-0.4, -0.2) is 31.1 Å². The molecule has 1 N–H and O–H groups in total. The van der Waals surface area contributed by atoms with Gasteiger partial charge in [-0.25, -0.2) is 0 Å². The number of hydrogen-bond acceptors (Lipinski definition) is 3. The lowest BCUT2D eigenvalue weighted by atomic mass is 10.2. The van der Waals surface area contributed by atoms with Crippen molar-refractivity contribution < 1.29 is 4.74 Å². The van der Waals surface area contributed by atoms with Crippen LogP contribution in [0, 0.1) is 0 Å². The molecule has 13 heavy (non-hydrogen) atoms. The molecule has 0 aromatic heterocycles. The third-order valence-corrected chi connectivity index (χ3v) is 2.71. The van der Waals surface area contributed by atoms with Gasteiger partial charge < -0.3 is 10.1 Å². The molecule has 0 aromatic carbocycles. The van der Waals surface area contributed by atoms with E-state index in [0.717, 1.165) is 25.4 Å². The number of hydrogen-bond donors (Lipinski definition) is 1. The lowest BCUT2D eigenvalue weighted by molar-refractivity contribution is 0.202. The SMILES string of the molecule is CCCC1CN=C(C2CCCN2)O1. The van der Waals surface area contributed by atoms with Crippen molar-refractivity contribution in [1.29, 1.82) is 0 Å². The zero-order valence-corrected chi connectivity index (χ0v) is 8.25. The Labute approximate surface area is 79.6 Å². The molecule has 2 rings (SSSR count). The van der Waals surface area contributed by atoms with Crippen molar-refractivity contribution in [3.05, 3.63) is 0 Å². The van der Waals surface area contributed by atoms with Gasteiger partial charge in [0.15, 0.2) is 0 Å². The standard InChI is InChI=1S/C10H18N2O/c1-2-4-8-7-12-10(13-8)9-5-3-6-11-9/h8-9,11H,2-7H2,1H3. The summed E-state index contributed by atoms with van der Waals surface area (Å²) < 4.78 is 5.77. The Balaban J connectivity index is 1.82. The molecule has 0 amide bonds. The van der Waals surface area contributed by atoms with Crippen molar-refractivity contribution in [1.82, 2.24) is 5.32 Å². The third-order valence-electron chi connectivity index (χ3n) is 2.71. The van der Waals surface area contributed by atoms with Gasteiger partial charge in [0.1, 0.15) is 6.10 Å². The largest absolute Gasteiger partial charge is 0.475 e. The molecule has 2 heterocycles. The highest BCUT2D eigenvalue weighted by Gasteiger charge is 2.27. The molecule has 0 radical (unpaired) electrons. The average Bonchev–Trinajstić information content (AvgIpc) is 2.70. The molecule has 74 valence electrons. The highest BCUT2D eigenvalue weighted by Crippen LogP contribution is 2.16.